The van der Waals surface area contributed by atoms with Crippen molar-refractivity contribution in [2.45, 2.75) is 25.9 Å². The van der Waals surface area contributed by atoms with E-state index in [1.54, 1.807) is 25.1 Å². The molecule has 3 rings (SSSR count). The van der Waals surface area contributed by atoms with Gasteiger partial charge in [-0.2, -0.15) is 0 Å². The lowest BCUT2D eigenvalue weighted by molar-refractivity contribution is -0.122. The lowest BCUT2D eigenvalue weighted by atomic mass is 10.1. The highest BCUT2D eigenvalue weighted by molar-refractivity contribution is 6.01. The normalized spacial score (nSPS) is 21.8. The van der Waals surface area contributed by atoms with Crippen LogP contribution in [0.1, 0.15) is 30.1 Å². The van der Waals surface area contributed by atoms with Crippen molar-refractivity contribution in [3.8, 4) is 5.75 Å². The van der Waals surface area contributed by atoms with E-state index in [9.17, 15) is 9.59 Å². The number of rotatable bonds is 4. The standard InChI is InChI=1S/C17H23N3O3/c1-12-17(22)19-14-11-13(3-4-16(14)23-12)15(21)5-9-20-8-2-6-18-7-10-20/h3-4,11-12,18H,2,5-10H2,1H3,(H,19,22). The molecule has 1 aromatic carbocycles. The second-order valence-electron chi connectivity index (χ2n) is 6.08. The number of nitrogens with one attached hydrogen (secondary N) is 2. The van der Waals surface area contributed by atoms with Gasteiger partial charge in [0.1, 0.15) is 5.75 Å². The summed E-state index contributed by atoms with van der Waals surface area (Å²) in [4.78, 5) is 26.4. The summed E-state index contributed by atoms with van der Waals surface area (Å²) >= 11 is 0. The van der Waals surface area contributed by atoms with Gasteiger partial charge in [-0.3, -0.25) is 9.59 Å². The first-order valence-electron chi connectivity index (χ1n) is 8.21. The summed E-state index contributed by atoms with van der Waals surface area (Å²) in [7, 11) is 0. The number of anilines is 1. The van der Waals surface area contributed by atoms with E-state index in [1.165, 1.54) is 0 Å². The van der Waals surface area contributed by atoms with Crippen LogP contribution in [0.5, 0.6) is 5.75 Å². The average molecular weight is 317 g/mol. The number of hydrogen-bond acceptors (Lipinski definition) is 5. The zero-order valence-electron chi connectivity index (χ0n) is 13.4. The van der Waals surface area contributed by atoms with Gasteiger partial charge in [0.25, 0.3) is 5.91 Å². The first kappa shape index (κ1) is 16.0. The van der Waals surface area contributed by atoms with E-state index in [2.05, 4.69) is 15.5 Å². The number of fused-ring (bicyclic) bond motifs is 1. The molecule has 1 saturated heterocycles. The average Bonchev–Trinajstić information content (AvgIpc) is 2.82. The number of nitrogens with zero attached hydrogens (tertiary/aromatic N) is 1. The Morgan fingerprint density at radius 3 is 3.09 bits per heavy atom. The third-order valence-electron chi connectivity index (χ3n) is 4.32. The predicted molar refractivity (Wildman–Crippen MR) is 88.0 cm³/mol. The van der Waals surface area contributed by atoms with Crippen molar-refractivity contribution in [1.29, 1.82) is 0 Å². The van der Waals surface area contributed by atoms with Crippen LogP contribution in [0, 0.1) is 0 Å². The van der Waals surface area contributed by atoms with Gasteiger partial charge in [-0.05, 0) is 44.6 Å². The van der Waals surface area contributed by atoms with Crippen LogP contribution in [-0.4, -0.2) is 55.4 Å². The van der Waals surface area contributed by atoms with Crippen molar-refractivity contribution >= 4 is 17.4 Å². The summed E-state index contributed by atoms with van der Waals surface area (Å²) in [6.07, 6.45) is 1.11. The molecule has 1 atom stereocenters. The molecule has 6 heteroatoms. The molecule has 0 saturated carbocycles. The number of benzene rings is 1. The quantitative estimate of drug-likeness (QED) is 0.819. The van der Waals surface area contributed by atoms with Gasteiger partial charge in [-0.1, -0.05) is 0 Å². The largest absolute Gasteiger partial charge is 0.479 e. The number of Topliss-reactive ketones (excluding diaryl/α,β-unsaturated/α-hetero) is 1. The van der Waals surface area contributed by atoms with Gasteiger partial charge in [0.05, 0.1) is 5.69 Å². The highest BCUT2D eigenvalue weighted by atomic mass is 16.5. The highest BCUT2D eigenvalue weighted by Gasteiger charge is 2.24. The van der Waals surface area contributed by atoms with Gasteiger partial charge in [0.15, 0.2) is 11.9 Å². The Morgan fingerprint density at radius 2 is 2.22 bits per heavy atom. The van der Waals surface area contributed by atoms with Gasteiger partial charge < -0.3 is 20.3 Å². The van der Waals surface area contributed by atoms with Gasteiger partial charge in [0, 0.05) is 31.6 Å². The molecule has 6 nitrogen and oxygen atoms in total. The van der Waals surface area contributed by atoms with E-state index in [0.717, 1.165) is 39.1 Å². The lowest BCUT2D eigenvalue weighted by Gasteiger charge is -2.23. The zero-order chi connectivity index (χ0) is 16.2. The van der Waals surface area contributed by atoms with Crippen LogP contribution in [0.3, 0.4) is 0 Å². The number of ketones is 1. The van der Waals surface area contributed by atoms with Crippen LogP contribution >= 0.6 is 0 Å². The minimum absolute atomic E-state index is 0.0953. The van der Waals surface area contributed by atoms with Gasteiger partial charge >= 0.3 is 0 Å². The molecule has 1 aromatic rings. The Kier molecular flexibility index (Phi) is 4.93. The summed E-state index contributed by atoms with van der Waals surface area (Å²) in [5.41, 5.74) is 1.20. The first-order chi connectivity index (χ1) is 11.1. The van der Waals surface area contributed by atoms with Crippen molar-refractivity contribution in [1.82, 2.24) is 10.2 Å². The second kappa shape index (κ2) is 7.10. The van der Waals surface area contributed by atoms with Crippen LogP contribution in [0.2, 0.25) is 0 Å². The molecule has 0 aliphatic carbocycles. The fourth-order valence-electron chi connectivity index (χ4n) is 2.91. The van der Waals surface area contributed by atoms with E-state index in [4.69, 9.17) is 4.74 Å². The Bertz CT molecular complexity index is 595. The Labute approximate surface area is 136 Å². The monoisotopic (exact) mass is 317 g/mol. The molecule has 0 aromatic heterocycles. The highest BCUT2D eigenvalue weighted by Crippen LogP contribution is 2.30. The summed E-state index contributed by atoms with van der Waals surface area (Å²) in [6.45, 7) is 6.53. The fourth-order valence-corrected chi connectivity index (χ4v) is 2.91. The van der Waals surface area contributed by atoms with E-state index >= 15 is 0 Å². The van der Waals surface area contributed by atoms with Crippen LogP contribution in [0.15, 0.2) is 18.2 Å². The third kappa shape index (κ3) is 3.89. The topological polar surface area (TPSA) is 70.7 Å². The van der Waals surface area contributed by atoms with Crippen molar-refractivity contribution in [3.63, 3.8) is 0 Å². The van der Waals surface area contributed by atoms with E-state index in [0.29, 0.717) is 23.4 Å². The Morgan fingerprint density at radius 1 is 1.35 bits per heavy atom. The van der Waals surface area contributed by atoms with Crippen molar-refractivity contribution in [2.24, 2.45) is 0 Å². The molecular formula is C17H23N3O3. The number of amides is 1. The number of carbonyl (C=O) groups excluding carboxylic acids is 2. The first-order valence-corrected chi connectivity index (χ1v) is 8.21. The van der Waals surface area contributed by atoms with Gasteiger partial charge in [-0.25, -0.2) is 0 Å². The summed E-state index contributed by atoms with van der Waals surface area (Å²) in [6, 6.07) is 5.25. The maximum atomic E-state index is 12.4. The number of carbonyl (C=O) groups is 2. The molecule has 0 radical (unpaired) electrons. The van der Waals surface area contributed by atoms with E-state index < -0.39 is 6.10 Å². The van der Waals surface area contributed by atoms with Crippen molar-refractivity contribution < 1.29 is 14.3 Å². The van der Waals surface area contributed by atoms with Crippen LogP contribution in [-0.2, 0) is 4.79 Å². The third-order valence-corrected chi connectivity index (χ3v) is 4.32. The SMILES string of the molecule is CC1Oc2ccc(C(=O)CCN3CCCNCC3)cc2NC1=O. The van der Waals surface area contributed by atoms with E-state index in [1.807, 2.05) is 0 Å². The van der Waals surface area contributed by atoms with Crippen molar-refractivity contribution in [3.05, 3.63) is 23.8 Å². The molecule has 0 spiro atoms. The molecule has 1 fully saturated rings. The molecule has 2 N–H and O–H groups in total. The minimum atomic E-state index is -0.499. The molecule has 23 heavy (non-hydrogen) atoms. The van der Waals surface area contributed by atoms with Gasteiger partial charge in [-0.15, -0.1) is 0 Å². The Balaban J connectivity index is 1.61. The van der Waals surface area contributed by atoms with Crippen LogP contribution in [0.25, 0.3) is 0 Å². The Hall–Kier alpha value is -1.92. The number of ether oxygens (including phenoxy) is 1. The maximum Gasteiger partial charge on any atom is 0.265 e. The smallest absolute Gasteiger partial charge is 0.265 e. The van der Waals surface area contributed by atoms with E-state index in [-0.39, 0.29) is 11.7 Å². The predicted octanol–water partition coefficient (Wildman–Crippen LogP) is 1.27. The zero-order valence-corrected chi connectivity index (χ0v) is 13.4. The summed E-state index contributed by atoms with van der Waals surface area (Å²) < 4.78 is 5.51. The maximum absolute atomic E-state index is 12.4. The molecule has 2 aliphatic heterocycles. The minimum Gasteiger partial charge on any atom is -0.479 e. The lowest BCUT2D eigenvalue weighted by Crippen LogP contribution is -2.34. The van der Waals surface area contributed by atoms with Gasteiger partial charge in [0.2, 0.25) is 0 Å². The summed E-state index contributed by atoms with van der Waals surface area (Å²) in [5.74, 6) is 0.532. The van der Waals surface area contributed by atoms with Crippen LogP contribution < -0.4 is 15.4 Å². The summed E-state index contributed by atoms with van der Waals surface area (Å²) in [5, 5.41) is 6.14. The molecule has 2 aliphatic rings. The second-order valence-corrected chi connectivity index (χ2v) is 6.08. The van der Waals surface area contributed by atoms with Crippen LogP contribution in [0.4, 0.5) is 5.69 Å². The molecule has 124 valence electrons. The fraction of sp³-hybridized carbons (Fsp3) is 0.529. The molecule has 0 bridgehead atoms. The molecule has 2 heterocycles. The molecule has 1 unspecified atom stereocenters. The van der Waals surface area contributed by atoms with Crippen molar-refractivity contribution in [2.75, 3.05) is 38.0 Å². The molecular weight excluding hydrogens is 294 g/mol. The molecule has 1 amide bonds. The number of hydrogen-bond donors (Lipinski definition) is 2.